The quantitative estimate of drug-likeness (QED) is 0.157. The first-order valence-electron chi connectivity index (χ1n) is 12.2. The minimum absolute atomic E-state index is 0.0903. The number of hydrogen-bond acceptors (Lipinski definition) is 3. The van der Waals surface area contributed by atoms with E-state index >= 15 is 0 Å². The number of esters is 1. The Morgan fingerprint density at radius 1 is 0.593 bits per heavy atom. The zero-order valence-electron chi connectivity index (χ0n) is 18.5. The van der Waals surface area contributed by atoms with Gasteiger partial charge in [0, 0.05) is 13.0 Å². The Kier molecular flexibility index (Phi) is 23.0. The second kappa shape index (κ2) is 23.5. The summed E-state index contributed by atoms with van der Waals surface area (Å²) < 4.78 is 4.96. The van der Waals surface area contributed by atoms with Gasteiger partial charge >= 0.3 is 5.97 Å². The first-order chi connectivity index (χ1) is 13.3. The Labute approximate surface area is 170 Å². The molecule has 0 heterocycles. The lowest BCUT2D eigenvalue weighted by molar-refractivity contribution is -0.143. The molecule has 3 nitrogen and oxygen atoms in total. The van der Waals surface area contributed by atoms with Crippen molar-refractivity contribution in [2.75, 3.05) is 13.2 Å². The van der Waals surface area contributed by atoms with Crippen molar-refractivity contribution in [2.24, 2.45) is 5.73 Å². The zero-order valence-corrected chi connectivity index (χ0v) is 18.5. The summed E-state index contributed by atoms with van der Waals surface area (Å²) in [6.45, 7) is 3.07. The highest BCUT2D eigenvalue weighted by molar-refractivity contribution is 5.69. The van der Waals surface area contributed by atoms with Gasteiger partial charge < -0.3 is 10.5 Å². The van der Waals surface area contributed by atoms with Crippen LogP contribution in [0.5, 0.6) is 0 Å². The van der Waals surface area contributed by atoms with Crippen LogP contribution in [0.2, 0.25) is 0 Å². The molecule has 0 radical (unpaired) electrons. The van der Waals surface area contributed by atoms with E-state index in [0.717, 1.165) is 12.8 Å². The average molecular weight is 384 g/mol. The van der Waals surface area contributed by atoms with E-state index in [1.165, 1.54) is 109 Å². The van der Waals surface area contributed by atoms with E-state index in [4.69, 9.17) is 10.5 Å². The summed E-state index contributed by atoms with van der Waals surface area (Å²) in [5, 5.41) is 0. The lowest BCUT2D eigenvalue weighted by Gasteiger charge is -2.04. The van der Waals surface area contributed by atoms with E-state index in [1.807, 2.05) is 0 Å². The third kappa shape index (κ3) is 23.4. The van der Waals surface area contributed by atoms with Gasteiger partial charge in [-0.15, -0.1) is 0 Å². The van der Waals surface area contributed by atoms with Crippen LogP contribution in [-0.4, -0.2) is 19.1 Å². The molecule has 0 spiro atoms. The van der Waals surface area contributed by atoms with Gasteiger partial charge in [0.1, 0.15) is 6.61 Å². The van der Waals surface area contributed by atoms with Crippen LogP contribution in [-0.2, 0) is 9.53 Å². The van der Waals surface area contributed by atoms with E-state index in [2.05, 4.69) is 6.92 Å². The summed E-state index contributed by atoms with van der Waals surface area (Å²) >= 11 is 0. The van der Waals surface area contributed by atoms with E-state index in [9.17, 15) is 4.79 Å². The summed E-state index contributed by atoms with van der Waals surface area (Å²) in [4.78, 5) is 11.3. The maximum absolute atomic E-state index is 11.3. The van der Waals surface area contributed by atoms with Crippen molar-refractivity contribution in [3.8, 4) is 0 Å². The van der Waals surface area contributed by atoms with E-state index < -0.39 is 0 Å². The molecule has 0 aliphatic heterocycles. The lowest BCUT2D eigenvalue weighted by Crippen LogP contribution is -2.13. The standard InChI is InChI=1S/C24H49NO2/c1-2-3-4-5-6-7-8-9-10-11-12-13-14-15-16-17-18-19-20-21-24(26)27-23-22-25/h2-23,25H2,1H3. The molecule has 0 aliphatic rings. The van der Waals surface area contributed by atoms with Crippen molar-refractivity contribution < 1.29 is 9.53 Å². The summed E-state index contributed by atoms with van der Waals surface area (Å²) in [5.41, 5.74) is 5.30. The molecular formula is C24H49NO2. The molecule has 0 saturated carbocycles. The molecule has 0 aliphatic carbocycles. The molecule has 27 heavy (non-hydrogen) atoms. The van der Waals surface area contributed by atoms with Crippen molar-refractivity contribution >= 4 is 5.97 Å². The van der Waals surface area contributed by atoms with Crippen molar-refractivity contribution in [2.45, 2.75) is 135 Å². The second-order valence-corrected chi connectivity index (χ2v) is 8.12. The summed E-state index contributed by atoms with van der Waals surface area (Å²) in [5.74, 6) is -0.0903. The van der Waals surface area contributed by atoms with Crippen LogP contribution >= 0.6 is 0 Å². The minimum Gasteiger partial charge on any atom is -0.464 e. The Morgan fingerprint density at radius 3 is 1.26 bits per heavy atom. The van der Waals surface area contributed by atoms with Gasteiger partial charge in [-0.1, -0.05) is 122 Å². The second-order valence-electron chi connectivity index (χ2n) is 8.12. The smallest absolute Gasteiger partial charge is 0.305 e. The summed E-state index contributed by atoms with van der Waals surface area (Å²) in [6, 6.07) is 0. The summed E-state index contributed by atoms with van der Waals surface area (Å²) in [6.07, 6.45) is 26.6. The van der Waals surface area contributed by atoms with Gasteiger partial charge in [0.2, 0.25) is 0 Å². The van der Waals surface area contributed by atoms with Gasteiger partial charge in [0.15, 0.2) is 0 Å². The van der Waals surface area contributed by atoms with Crippen LogP contribution in [0.15, 0.2) is 0 Å². The van der Waals surface area contributed by atoms with Gasteiger partial charge in [-0.2, -0.15) is 0 Å². The molecule has 0 bridgehead atoms. The number of ether oxygens (including phenoxy) is 1. The molecule has 162 valence electrons. The third-order valence-corrected chi connectivity index (χ3v) is 5.37. The molecule has 0 aromatic carbocycles. The van der Waals surface area contributed by atoms with Gasteiger partial charge in [-0.05, 0) is 6.42 Å². The van der Waals surface area contributed by atoms with E-state index in [0.29, 0.717) is 19.6 Å². The van der Waals surface area contributed by atoms with Crippen LogP contribution in [0.4, 0.5) is 0 Å². The fourth-order valence-corrected chi connectivity index (χ4v) is 3.59. The van der Waals surface area contributed by atoms with Crippen molar-refractivity contribution in [1.29, 1.82) is 0 Å². The van der Waals surface area contributed by atoms with Crippen LogP contribution in [0, 0.1) is 0 Å². The molecule has 0 unspecified atom stereocenters. The molecule has 0 atom stereocenters. The fraction of sp³-hybridized carbons (Fsp3) is 0.958. The highest BCUT2D eigenvalue weighted by Gasteiger charge is 2.01. The minimum atomic E-state index is -0.0903. The average Bonchev–Trinajstić information content (AvgIpc) is 2.68. The van der Waals surface area contributed by atoms with Crippen LogP contribution in [0.25, 0.3) is 0 Å². The predicted molar refractivity (Wildman–Crippen MR) is 118 cm³/mol. The molecule has 0 fully saturated rings. The molecule has 0 amide bonds. The normalized spacial score (nSPS) is 11.0. The van der Waals surface area contributed by atoms with Crippen molar-refractivity contribution in [3.63, 3.8) is 0 Å². The molecule has 0 aromatic rings. The number of rotatable bonds is 22. The number of carbonyl (C=O) groups excluding carboxylic acids is 1. The van der Waals surface area contributed by atoms with Crippen molar-refractivity contribution in [3.05, 3.63) is 0 Å². The third-order valence-electron chi connectivity index (χ3n) is 5.37. The monoisotopic (exact) mass is 383 g/mol. The van der Waals surface area contributed by atoms with E-state index in [-0.39, 0.29) is 5.97 Å². The Morgan fingerprint density at radius 2 is 0.926 bits per heavy atom. The number of nitrogens with two attached hydrogens (primary N) is 1. The molecule has 0 saturated heterocycles. The fourth-order valence-electron chi connectivity index (χ4n) is 3.59. The van der Waals surface area contributed by atoms with Gasteiger partial charge in [0.25, 0.3) is 0 Å². The van der Waals surface area contributed by atoms with E-state index in [1.54, 1.807) is 0 Å². The Hall–Kier alpha value is -0.570. The maximum atomic E-state index is 11.3. The predicted octanol–water partition coefficient (Wildman–Crippen LogP) is 7.31. The summed E-state index contributed by atoms with van der Waals surface area (Å²) in [7, 11) is 0. The highest BCUT2D eigenvalue weighted by atomic mass is 16.5. The van der Waals surface area contributed by atoms with Crippen molar-refractivity contribution in [1.82, 2.24) is 0 Å². The number of hydrogen-bond donors (Lipinski definition) is 1. The molecule has 3 heteroatoms. The lowest BCUT2D eigenvalue weighted by atomic mass is 10.0. The molecule has 2 N–H and O–H groups in total. The van der Waals surface area contributed by atoms with Crippen LogP contribution in [0.1, 0.15) is 135 Å². The Bertz CT molecular complexity index is 294. The molecular weight excluding hydrogens is 334 g/mol. The van der Waals surface area contributed by atoms with Crippen LogP contribution < -0.4 is 5.73 Å². The molecule has 0 aromatic heterocycles. The Balaban J connectivity index is 3.04. The first-order valence-corrected chi connectivity index (χ1v) is 12.2. The van der Waals surface area contributed by atoms with Gasteiger partial charge in [0.05, 0.1) is 0 Å². The highest BCUT2D eigenvalue weighted by Crippen LogP contribution is 2.14. The largest absolute Gasteiger partial charge is 0.464 e. The van der Waals surface area contributed by atoms with Crippen LogP contribution in [0.3, 0.4) is 0 Å². The zero-order chi connectivity index (χ0) is 19.8. The van der Waals surface area contributed by atoms with Gasteiger partial charge in [-0.25, -0.2) is 0 Å². The molecule has 0 rings (SSSR count). The van der Waals surface area contributed by atoms with Gasteiger partial charge in [-0.3, -0.25) is 4.79 Å². The first kappa shape index (κ1) is 26.4. The number of carbonyl (C=O) groups is 1. The SMILES string of the molecule is CCCCCCCCCCCCCCCCCCCCCC(=O)OCCN. The number of unbranched alkanes of at least 4 members (excludes halogenated alkanes) is 18. The maximum Gasteiger partial charge on any atom is 0.305 e. The topological polar surface area (TPSA) is 52.3 Å².